The Kier molecular flexibility index (Phi) is 3.87. The number of carbonyl (C=O) groups excluding carboxylic acids is 1. The molecule has 0 fully saturated rings. The molecule has 2 heteroatoms. The number of carbonyl (C=O) groups is 1. The number of ether oxygens (including phenoxy) is 1. The van der Waals surface area contributed by atoms with Gasteiger partial charge in [0.15, 0.2) is 0 Å². The molecule has 2 aromatic carbocycles. The third kappa shape index (κ3) is 2.75. The maximum absolute atomic E-state index is 11.0. The van der Waals surface area contributed by atoms with Gasteiger partial charge in [-0.3, -0.25) is 0 Å². The van der Waals surface area contributed by atoms with Crippen molar-refractivity contribution in [1.82, 2.24) is 0 Å². The van der Waals surface area contributed by atoms with Gasteiger partial charge in [0.25, 0.3) is 0 Å². The molecule has 106 valence electrons. The minimum absolute atomic E-state index is 0.347. The van der Waals surface area contributed by atoms with Crippen molar-refractivity contribution < 1.29 is 9.53 Å². The first kappa shape index (κ1) is 13.6. The van der Waals surface area contributed by atoms with Crippen molar-refractivity contribution in [2.24, 2.45) is 0 Å². The van der Waals surface area contributed by atoms with Crippen molar-refractivity contribution >= 4 is 5.97 Å². The molecule has 0 radical (unpaired) electrons. The Morgan fingerprint density at radius 1 is 1.14 bits per heavy atom. The van der Waals surface area contributed by atoms with Gasteiger partial charge in [0.2, 0.25) is 0 Å². The van der Waals surface area contributed by atoms with Crippen molar-refractivity contribution in [2.45, 2.75) is 19.3 Å². The molecule has 3 rings (SSSR count). The molecule has 0 bridgehead atoms. The van der Waals surface area contributed by atoms with Gasteiger partial charge in [0.05, 0.1) is 6.61 Å². The summed E-state index contributed by atoms with van der Waals surface area (Å²) >= 11 is 0. The van der Waals surface area contributed by atoms with Gasteiger partial charge in [0, 0.05) is 6.08 Å². The summed E-state index contributed by atoms with van der Waals surface area (Å²) in [5, 5.41) is 0. The van der Waals surface area contributed by atoms with E-state index in [1.807, 2.05) is 0 Å². The number of hydrogen-bond donors (Lipinski definition) is 0. The van der Waals surface area contributed by atoms with E-state index >= 15 is 0 Å². The zero-order valence-corrected chi connectivity index (χ0v) is 12.0. The van der Waals surface area contributed by atoms with E-state index in [1.54, 1.807) is 0 Å². The lowest BCUT2D eigenvalue weighted by molar-refractivity contribution is -0.137. The number of hydrogen-bond acceptors (Lipinski definition) is 2. The average molecular weight is 278 g/mol. The van der Waals surface area contributed by atoms with Gasteiger partial charge >= 0.3 is 5.97 Å². The molecule has 0 N–H and O–H groups in total. The maximum atomic E-state index is 11.0. The second-order valence-corrected chi connectivity index (χ2v) is 5.25. The highest BCUT2D eigenvalue weighted by Crippen LogP contribution is 2.38. The Balaban J connectivity index is 1.72. The van der Waals surface area contributed by atoms with Crippen LogP contribution >= 0.6 is 0 Å². The molecule has 0 amide bonds. The molecule has 2 aromatic rings. The van der Waals surface area contributed by atoms with E-state index in [0.717, 1.165) is 19.3 Å². The van der Waals surface area contributed by atoms with E-state index in [9.17, 15) is 4.79 Å². The molecular weight excluding hydrogens is 260 g/mol. The highest BCUT2D eigenvalue weighted by atomic mass is 16.5. The second-order valence-electron chi connectivity index (χ2n) is 5.25. The van der Waals surface area contributed by atoms with Crippen molar-refractivity contribution in [1.29, 1.82) is 0 Å². The van der Waals surface area contributed by atoms with Gasteiger partial charge in [-0.15, -0.1) is 0 Å². The van der Waals surface area contributed by atoms with E-state index in [1.165, 1.54) is 33.9 Å². The number of fused-ring (bicyclic) bond motifs is 3. The third-order valence-corrected chi connectivity index (χ3v) is 3.95. The summed E-state index contributed by atoms with van der Waals surface area (Å²) in [6.07, 6.45) is 3.99. The zero-order chi connectivity index (χ0) is 14.7. The predicted octanol–water partition coefficient (Wildman–Crippen LogP) is 3.92. The lowest BCUT2D eigenvalue weighted by Gasteiger charge is -2.08. The molecule has 0 heterocycles. The van der Waals surface area contributed by atoms with E-state index in [-0.39, 0.29) is 5.97 Å². The predicted molar refractivity (Wildman–Crippen MR) is 84.2 cm³/mol. The van der Waals surface area contributed by atoms with Gasteiger partial charge in [0.1, 0.15) is 0 Å². The minimum atomic E-state index is -0.347. The molecule has 0 saturated heterocycles. The largest absolute Gasteiger partial charge is 0.463 e. The monoisotopic (exact) mass is 278 g/mol. The topological polar surface area (TPSA) is 26.3 Å². The van der Waals surface area contributed by atoms with Crippen LogP contribution in [0.5, 0.6) is 0 Å². The van der Waals surface area contributed by atoms with Crippen LogP contribution in [0, 0.1) is 0 Å². The first-order valence-electron chi connectivity index (χ1n) is 7.28. The highest BCUT2D eigenvalue weighted by Gasteiger charge is 2.19. The molecule has 0 aromatic heterocycles. The molecule has 0 aliphatic heterocycles. The molecule has 0 spiro atoms. The van der Waals surface area contributed by atoms with Crippen LogP contribution in [0.3, 0.4) is 0 Å². The highest BCUT2D eigenvalue weighted by molar-refractivity contribution is 5.81. The molecule has 21 heavy (non-hydrogen) atoms. The summed E-state index contributed by atoms with van der Waals surface area (Å²) in [5.41, 5.74) is 6.89. The fraction of sp³-hybridized carbons (Fsp3) is 0.211. The molecule has 1 aliphatic carbocycles. The fourth-order valence-corrected chi connectivity index (χ4v) is 2.95. The van der Waals surface area contributed by atoms with Crippen molar-refractivity contribution in [3.63, 3.8) is 0 Å². The molecule has 1 aliphatic rings. The summed E-state index contributed by atoms with van der Waals surface area (Å²) < 4.78 is 5.04. The lowest BCUT2D eigenvalue weighted by Crippen LogP contribution is -2.03. The number of benzene rings is 2. The number of rotatable bonds is 5. The number of aryl methyl sites for hydroxylation is 1. The van der Waals surface area contributed by atoms with Crippen LogP contribution in [0.2, 0.25) is 0 Å². The van der Waals surface area contributed by atoms with Crippen molar-refractivity contribution in [3.05, 3.63) is 71.8 Å². The van der Waals surface area contributed by atoms with Crippen LogP contribution in [-0.4, -0.2) is 12.6 Å². The molecule has 0 saturated carbocycles. The molecule has 0 atom stereocenters. The first-order chi connectivity index (χ1) is 10.3. The molecule has 0 unspecified atom stereocenters. The summed E-state index contributed by atoms with van der Waals surface area (Å²) in [6, 6.07) is 15.1. The van der Waals surface area contributed by atoms with Gasteiger partial charge < -0.3 is 4.74 Å². The molecular formula is C19H18O2. The average Bonchev–Trinajstić information content (AvgIpc) is 2.90. The Hall–Kier alpha value is -2.35. The molecule has 2 nitrogen and oxygen atoms in total. The third-order valence-electron chi connectivity index (χ3n) is 3.95. The van der Waals surface area contributed by atoms with E-state index in [0.29, 0.717) is 6.61 Å². The van der Waals surface area contributed by atoms with Crippen LogP contribution in [0.4, 0.5) is 0 Å². The summed E-state index contributed by atoms with van der Waals surface area (Å²) in [5.74, 6) is -0.347. The Bertz CT molecular complexity index is 686. The normalized spacial score (nSPS) is 11.6. The van der Waals surface area contributed by atoms with Crippen LogP contribution in [0.15, 0.2) is 55.1 Å². The quantitative estimate of drug-likeness (QED) is 0.402. The second kappa shape index (κ2) is 5.96. The van der Waals surface area contributed by atoms with E-state index in [2.05, 4.69) is 49.0 Å². The van der Waals surface area contributed by atoms with E-state index < -0.39 is 0 Å². The SMILES string of the molecule is C=CC(=O)OCCCc1cccc2c1Cc1ccccc1-2. The fourth-order valence-electron chi connectivity index (χ4n) is 2.95. The summed E-state index contributed by atoms with van der Waals surface area (Å²) in [7, 11) is 0. The summed E-state index contributed by atoms with van der Waals surface area (Å²) in [4.78, 5) is 11.0. The van der Waals surface area contributed by atoms with Crippen LogP contribution in [-0.2, 0) is 22.4 Å². The van der Waals surface area contributed by atoms with Crippen LogP contribution < -0.4 is 0 Å². The zero-order valence-electron chi connectivity index (χ0n) is 12.0. The van der Waals surface area contributed by atoms with Crippen molar-refractivity contribution in [2.75, 3.05) is 6.61 Å². The van der Waals surface area contributed by atoms with Gasteiger partial charge in [-0.05, 0) is 47.1 Å². The Morgan fingerprint density at radius 3 is 2.81 bits per heavy atom. The Morgan fingerprint density at radius 2 is 1.95 bits per heavy atom. The number of esters is 1. The smallest absolute Gasteiger partial charge is 0.330 e. The Labute approximate surface area is 125 Å². The first-order valence-corrected chi connectivity index (χ1v) is 7.28. The maximum Gasteiger partial charge on any atom is 0.330 e. The van der Waals surface area contributed by atoms with Gasteiger partial charge in [-0.25, -0.2) is 4.79 Å². The van der Waals surface area contributed by atoms with Crippen molar-refractivity contribution in [3.8, 4) is 11.1 Å². The van der Waals surface area contributed by atoms with Gasteiger partial charge in [-0.2, -0.15) is 0 Å². The van der Waals surface area contributed by atoms with Crippen LogP contribution in [0.25, 0.3) is 11.1 Å². The van der Waals surface area contributed by atoms with E-state index in [4.69, 9.17) is 4.74 Å². The standard InChI is InChI=1S/C19H18O2/c1-2-19(20)21-12-6-9-14-8-5-11-17-16-10-4-3-7-15(16)13-18(14)17/h2-5,7-8,10-11H,1,6,9,12-13H2. The van der Waals surface area contributed by atoms with Gasteiger partial charge in [-0.1, -0.05) is 49.0 Å². The lowest BCUT2D eigenvalue weighted by atomic mass is 9.98. The summed E-state index contributed by atoms with van der Waals surface area (Å²) in [6.45, 7) is 3.84. The minimum Gasteiger partial charge on any atom is -0.463 e. The van der Waals surface area contributed by atoms with Crippen LogP contribution in [0.1, 0.15) is 23.1 Å².